The maximum atomic E-state index is 12.9. The number of nitrogens with zero attached hydrogens (tertiary/aromatic N) is 2. The van der Waals surface area contributed by atoms with Crippen LogP contribution in [0.1, 0.15) is 36.2 Å². The fraction of sp³-hybridized carbons (Fsp3) is 0.370. The number of amides is 1. The molecule has 1 saturated heterocycles. The van der Waals surface area contributed by atoms with E-state index in [9.17, 15) is 9.59 Å². The molecule has 0 bridgehead atoms. The van der Waals surface area contributed by atoms with Gasteiger partial charge in [-0.1, -0.05) is 12.8 Å². The number of carbonyl (C=O) groups is 1. The molecule has 0 radical (unpaired) electrons. The van der Waals surface area contributed by atoms with Crippen LogP contribution < -0.4 is 32.4 Å². The van der Waals surface area contributed by atoms with Gasteiger partial charge in [0, 0.05) is 47.1 Å². The highest BCUT2D eigenvalue weighted by Crippen LogP contribution is 2.42. The summed E-state index contributed by atoms with van der Waals surface area (Å²) in [6, 6.07) is 7.88. The van der Waals surface area contributed by atoms with E-state index in [-0.39, 0.29) is 23.2 Å². The average molecular weight is 583 g/mol. The second-order valence-electron chi connectivity index (χ2n) is 9.83. The number of nitrogens with two attached hydrogens (primary N) is 2. The van der Waals surface area contributed by atoms with Gasteiger partial charge < -0.3 is 31.7 Å². The van der Waals surface area contributed by atoms with Crippen molar-refractivity contribution in [3.05, 3.63) is 51.8 Å². The number of carbonyl (C=O) groups excluding carboxylic acids is 1. The van der Waals surface area contributed by atoms with Crippen molar-refractivity contribution in [3.8, 4) is 10.4 Å². The number of pyridine rings is 1. The van der Waals surface area contributed by atoms with Gasteiger partial charge in [-0.2, -0.15) is 0 Å². The van der Waals surface area contributed by atoms with Crippen LogP contribution in [0.5, 0.6) is 0 Å². The van der Waals surface area contributed by atoms with Crippen molar-refractivity contribution in [2.75, 3.05) is 41.8 Å². The number of fused-ring (bicyclic) bond motifs is 1. The van der Waals surface area contributed by atoms with Gasteiger partial charge in [-0.05, 0) is 31.0 Å². The standard InChI is InChI=1S/C27H30N6O3S3/c28-17-3-1-2-4-18(17)31-15-11-19(24(27(29)35)30-13-15)32-22-6-5-21(38-22)16-14-37-26-20(34)12-23(39-25(16)26)33-7-9-36-10-8-33/h5-6,11-14,17-18,31-32H,1-4,7-10,28H2,(H2,29,35)/t17-,18+/m1/s1. The quantitative estimate of drug-likeness (QED) is 0.244. The molecule has 2 fully saturated rings. The summed E-state index contributed by atoms with van der Waals surface area (Å²) in [4.78, 5) is 32.7. The number of rotatable bonds is 7. The van der Waals surface area contributed by atoms with Crippen molar-refractivity contribution in [1.29, 1.82) is 0 Å². The molecule has 2 atom stereocenters. The molecule has 4 aromatic heterocycles. The first-order valence-corrected chi connectivity index (χ1v) is 15.5. The summed E-state index contributed by atoms with van der Waals surface area (Å²) >= 11 is 4.69. The highest BCUT2D eigenvalue weighted by Gasteiger charge is 2.23. The molecule has 4 aromatic rings. The van der Waals surface area contributed by atoms with E-state index in [1.807, 2.05) is 18.2 Å². The number of ether oxygens (including phenoxy) is 1. The molecule has 0 aromatic carbocycles. The lowest BCUT2D eigenvalue weighted by atomic mass is 9.91. The number of morpholine rings is 1. The Morgan fingerprint density at radius 2 is 1.92 bits per heavy atom. The van der Waals surface area contributed by atoms with Crippen LogP contribution in [0.4, 0.5) is 21.4 Å². The molecule has 0 unspecified atom stereocenters. The zero-order chi connectivity index (χ0) is 26.9. The molecule has 6 N–H and O–H groups in total. The first kappa shape index (κ1) is 26.2. The molecule has 0 spiro atoms. The van der Waals surface area contributed by atoms with Gasteiger partial charge in [0.15, 0.2) is 11.1 Å². The molecular weight excluding hydrogens is 553 g/mol. The maximum Gasteiger partial charge on any atom is 0.269 e. The molecule has 1 aliphatic heterocycles. The third-order valence-electron chi connectivity index (χ3n) is 7.18. The van der Waals surface area contributed by atoms with Crippen LogP contribution >= 0.6 is 34.0 Å². The second-order valence-corrected chi connectivity index (χ2v) is 12.8. The van der Waals surface area contributed by atoms with Crippen LogP contribution in [-0.2, 0) is 4.74 Å². The van der Waals surface area contributed by atoms with E-state index in [2.05, 4.69) is 25.9 Å². The lowest BCUT2D eigenvalue weighted by Gasteiger charge is -2.30. The fourth-order valence-corrected chi connectivity index (χ4v) is 8.57. The van der Waals surface area contributed by atoms with E-state index in [0.29, 0.717) is 18.9 Å². The molecule has 1 aliphatic carbocycles. The first-order valence-electron chi connectivity index (χ1n) is 13.0. The molecule has 12 heteroatoms. The van der Waals surface area contributed by atoms with Gasteiger partial charge in [0.1, 0.15) is 0 Å². The normalized spacial score (nSPS) is 19.8. The summed E-state index contributed by atoms with van der Waals surface area (Å²) in [5.41, 5.74) is 14.6. The Labute approximate surface area is 237 Å². The lowest BCUT2D eigenvalue weighted by molar-refractivity contribution is 0.0996. The second kappa shape index (κ2) is 11.2. The van der Waals surface area contributed by atoms with Crippen LogP contribution in [0.25, 0.3) is 19.8 Å². The smallest absolute Gasteiger partial charge is 0.269 e. The monoisotopic (exact) mass is 582 g/mol. The van der Waals surface area contributed by atoms with Gasteiger partial charge in [0.05, 0.1) is 50.2 Å². The Hall–Kier alpha value is -3.03. The summed E-state index contributed by atoms with van der Waals surface area (Å²) in [5, 5.41) is 10.7. The molecule has 1 amide bonds. The molecule has 39 heavy (non-hydrogen) atoms. The van der Waals surface area contributed by atoms with E-state index in [1.165, 1.54) is 11.3 Å². The number of primary amides is 1. The van der Waals surface area contributed by atoms with Crippen molar-refractivity contribution in [3.63, 3.8) is 0 Å². The van der Waals surface area contributed by atoms with Crippen LogP contribution in [0.3, 0.4) is 0 Å². The van der Waals surface area contributed by atoms with Crippen molar-refractivity contribution >= 4 is 70.7 Å². The van der Waals surface area contributed by atoms with Crippen LogP contribution in [-0.4, -0.2) is 49.3 Å². The summed E-state index contributed by atoms with van der Waals surface area (Å²) < 4.78 is 7.25. The lowest BCUT2D eigenvalue weighted by Crippen LogP contribution is -2.42. The Balaban J connectivity index is 1.28. The number of hydrogen-bond donors (Lipinski definition) is 4. The largest absolute Gasteiger partial charge is 0.379 e. The minimum atomic E-state index is -0.598. The topological polar surface area (TPSA) is 136 Å². The van der Waals surface area contributed by atoms with Gasteiger partial charge >= 0.3 is 0 Å². The van der Waals surface area contributed by atoms with E-state index in [4.69, 9.17) is 16.2 Å². The van der Waals surface area contributed by atoms with Gasteiger partial charge in [0.2, 0.25) is 0 Å². The molecule has 5 heterocycles. The zero-order valence-corrected chi connectivity index (χ0v) is 23.7. The van der Waals surface area contributed by atoms with E-state index >= 15 is 0 Å². The number of hydrogen-bond acceptors (Lipinski definition) is 11. The Kier molecular flexibility index (Phi) is 7.54. The Morgan fingerprint density at radius 1 is 1.10 bits per heavy atom. The summed E-state index contributed by atoms with van der Waals surface area (Å²) in [6.45, 7) is 2.90. The summed E-state index contributed by atoms with van der Waals surface area (Å²) in [5.74, 6) is -0.598. The average Bonchev–Trinajstić information content (AvgIpc) is 3.58. The number of thiophene rings is 2. The van der Waals surface area contributed by atoms with E-state index < -0.39 is 5.91 Å². The SMILES string of the molecule is NC(=O)c1ncc(N[C@H]2CCCC[C@H]2N)cc1Nc1ccc(-c2csc3c(=O)cc(N4CCOCC4)sc23)s1. The van der Waals surface area contributed by atoms with Crippen LogP contribution in [0.2, 0.25) is 0 Å². The van der Waals surface area contributed by atoms with Crippen molar-refractivity contribution in [2.24, 2.45) is 11.5 Å². The third-order valence-corrected chi connectivity index (χ3v) is 10.5. The van der Waals surface area contributed by atoms with Gasteiger partial charge in [0.25, 0.3) is 5.91 Å². The molecule has 9 nitrogen and oxygen atoms in total. The van der Waals surface area contributed by atoms with Gasteiger partial charge in [-0.25, -0.2) is 4.98 Å². The van der Waals surface area contributed by atoms with Gasteiger partial charge in [-0.3, -0.25) is 9.59 Å². The number of nitrogens with one attached hydrogen (secondary N) is 2. The third kappa shape index (κ3) is 5.52. The summed E-state index contributed by atoms with van der Waals surface area (Å²) in [7, 11) is 0. The minimum absolute atomic E-state index is 0.0515. The zero-order valence-electron chi connectivity index (χ0n) is 21.3. The first-order chi connectivity index (χ1) is 19.0. The van der Waals surface area contributed by atoms with E-state index in [1.54, 1.807) is 34.9 Å². The highest BCUT2D eigenvalue weighted by molar-refractivity contribution is 7.29. The molecular formula is C27H30N6O3S3. The van der Waals surface area contributed by atoms with Crippen molar-refractivity contribution < 1.29 is 9.53 Å². The maximum absolute atomic E-state index is 12.9. The number of aromatic nitrogens is 1. The molecule has 204 valence electrons. The summed E-state index contributed by atoms with van der Waals surface area (Å²) in [6.07, 6.45) is 5.92. The Bertz CT molecular complexity index is 1560. The van der Waals surface area contributed by atoms with Gasteiger partial charge in [-0.15, -0.1) is 34.0 Å². The van der Waals surface area contributed by atoms with E-state index in [0.717, 1.165) is 74.3 Å². The van der Waals surface area contributed by atoms with Crippen LogP contribution in [0, 0.1) is 0 Å². The van der Waals surface area contributed by atoms with Crippen molar-refractivity contribution in [1.82, 2.24) is 4.98 Å². The van der Waals surface area contributed by atoms with Crippen LogP contribution in [0.15, 0.2) is 40.6 Å². The predicted octanol–water partition coefficient (Wildman–Crippen LogP) is 4.81. The predicted molar refractivity (Wildman–Crippen MR) is 162 cm³/mol. The Morgan fingerprint density at radius 3 is 2.72 bits per heavy atom. The molecule has 1 saturated carbocycles. The minimum Gasteiger partial charge on any atom is -0.379 e. The van der Waals surface area contributed by atoms with Crippen molar-refractivity contribution in [2.45, 2.75) is 37.8 Å². The number of anilines is 4. The molecule has 6 rings (SSSR count). The molecule has 2 aliphatic rings. The highest BCUT2D eigenvalue weighted by atomic mass is 32.1. The fourth-order valence-electron chi connectivity index (χ4n) is 5.11.